The van der Waals surface area contributed by atoms with Crippen LogP contribution < -0.4 is 4.90 Å². The number of fused-ring (bicyclic) bond motifs is 1. The van der Waals surface area contributed by atoms with Crippen LogP contribution >= 0.6 is 0 Å². The highest BCUT2D eigenvalue weighted by Gasteiger charge is 2.32. The van der Waals surface area contributed by atoms with E-state index in [2.05, 4.69) is 36.3 Å². The zero-order chi connectivity index (χ0) is 15.8. The Bertz CT molecular complexity index is 850. The summed E-state index contributed by atoms with van der Waals surface area (Å²) < 4.78 is 0. The molecule has 4 rings (SSSR count). The van der Waals surface area contributed by atoms with E-state index in [9.17, 15) is 4.79 Å². The van der Waals surface area contributed by atoms with E-state index in [0.717, 1.165) is 24.2 Å². The molecule has 1 amide bonds. The largest absolute Gasteiger partial charge is 0.359 e. The van der Waals surface area contributed by atoms with Crippen LogP contribution in [0, 0.1) is 0 Å². The second-order valence-corrected chi connectivity index (χ2v) is 6.18. The van der Waals surface area contributed by atoms with E-state index in [1.165, 1.54) is 16.5 Å². The quantitative estimate of drug-likeness (QED) is 0.771. The van der Waals surface area contributed by atoms with Crippen molar-refractivity contribution in [3.05, 3.63) is 65.9 Å². The maximum absolute atomic E-state index is 12.6. The maximum Gasteiger partial charge on any atom is 0.227 e. The second-order valence-electron chi connectivity index (χ2n) is 6.18. The number of hydrogen-bond acceptors (Lipinski definition) is 1. The van der Waals surface area contributed by atoms with Crippen molar-refractivity contribution < 1.29 is 4.79 Å². The molecule has 3 nitrogen and oxygen atoms in total. The van der Waals surface area contributed by atoms with E-state index in [1.54, 1.807) is 0 Å². The van der Waals surface area contributed by atoms with Crippen LogP contribution in [0.25, 0.3) is 10.9 Å². The van der Waals surface area contributed by atoms with Crippen molar-refractivity contribution in [1.82, 2.24) is 4.98 Å². The number of hydrogen-bond donors (Lipinski definition) is 1. The summed E-state index contributed by atoms with van der Waals surface area (Å²) in [5.74, 6) is 0.485. The normalized spacial score (nSPS) is 18.0. The standard InChI is InChI=1S/C20H20N2O/c1-2-14-12-21-20-17(14)9-6-10-18(20)22-13-16(11-19(22)23)15-7-4-3-5-8-15/h3-10,12,16,21H,2,11,13H2,1H3. The van der Waals surface area contributed by atoms with Crippen molar-refractivity contribution >= 4 is 22.5 Å². The minimum Gasteiger partial charge on any atom is -0.359 e. The number of rotatable bonds is 3. The summed E-state index contributed by atoms with van der Waals surface area (Å²) in [6.07, 6.45) is 3.63. The van der Waals surface area contributed by atoms with Crippen LogP contribution in [0.5, 0.6) is 0 Å². The molecule has 1 aliphatic rings. The number of nitrogens with one attached hydrogen (secondary N) is 1. The molecule has 3 heteroatoms. The molecule has 1 saturated heterocycles. The van der Waals surface area contributed by atoms with Crippen LogP contribution in [0.1, 0.15) is 30.4 Å². The lowest BCUT2D eigenvalue weighted by Crippen LogP contribution is -2.24. The SMILES string of the molecule is CCc1c[nH]c2c(N3CC(c4ccccc4)CC3=O)cccc12. The first-order valence-electron chi connectivity index (χ1n) is 8.22. The summed E-state index contributed by atoms with van der Waals surface area (Å²) in [7, 11) is 0. The van der Waals surface area contributed by atoms with Gasteiger partial charge in [-0.15, -0.1) is 0 Å². The maximum atomic E-state index is 12.6. The van der Waals surface area contributed by atoms with E-state index in [0.29, 0.717) is 6.42 Å². The van der Waals surface area contributed by atoms with Crippen molar-refractivity contribution in [3.8, 4) is 0 Å². The number of aromatic amines is 1. The summed E-state index contributed by atoms with van der Waals surface area (Å²) in [5, 5.41) is 1.22. The number of aryl methyl sites for hydroxylation is 1. The summed E-state index contributed by atoms with van der Waals surface area (Å²) in [5.41, 5.74) is 4.63. The highest BCUT2D eigenvalue weighted by molar-refractivity contribution is 6.04. The van der Waals surface area contributed by atoms with E-state index in [1.807, 2.05) is 35.2 Å². The molecule has 2 heterocycles. The average Bonchev–Trinajstić information content (AvgIpc) is 3.19. The number of para-hydroxylation sites is 1. The molecule has 1 N–H and O–H groups in total. The molecular weight excluding hydrogens is 284 g/mol. The third kappa shape index (κ3) is 2.33. The fourth-order valence-corrected chi connectivity index (χ4v) is 3.60. The van der Waals surface area contributed by atoms with Gasteiger partial charge in [-0.3, -0.25) is 4.79 Å². The molecule has 1 fully saturated rings. The van der Waals surface area contributed by atoms with E-state index >= 15 is 0 Å². The number of carbonyl (C=O) groups is 1. The summed E-state index contributed by atoms with van der Waals surface area (Å²) in [4.78, 5) is 17.9. The third-order valence-corrected chi connectivity index (χ3v) is 4.85. The van der Waals surface area contributed by atoms with E-state index in [4.69, 9.17) is 0 Å². The molecule has 3 aromatic rings. The molecule has 2 aromatic carbocycles. The molecule has 0 saturated carbocycles. The summed E-state index contributed by atoms with van der Waals surface area (Å²) >= 11 is 0. The molecule has 0 aliphatic carbocycles. The minimum atomic E-state index is 0.207. The number of nitrogens with zero attached hydrogens (tertiary/aromatic N) is 1. The number of anilines is 1. The molecule has 116 valence electrons. The smallest absolute Gasteiger partial charge is 0.227 e. The Balaban J connectivity index is 1.71. The predicted octanol–water partition coefficient (Wildman–Crippen LogP) is 4.25. The Morgan fingerprint density at radius 1 is 1.13 bits per heavy atom. The molecule has 0 spiro atoms. The van der Waals surface area contributed by atoms with Gasteiger partial charge in [-0.1, -0.05) is 49.4 Å². The van der Waals surface area contributed by atoms with E-state index in [-0.39, 0.29) is 11.8 Å². The van der Waals surface area contributed by atoms with Gasteiger partial charge in [0.05, 0.1) is 11.2 Å². The van der Waals surface area contributed by atoms with Gasteiger partial charge in [-0.2, -0.15) is 0 Å². The molecule has 1 atom stereocenters. The Kier molecular flexibility index (Phi) is 3.41. The lowest BCUT2D eigenvalue weighted by molar-refractivity contribution is -0.117. The number of H-pyrrole nitrogens is 1. The van der Waals surface area contributed by atoms with Gasteiger partial charge in [0.1, 0.15) is 0 Å². The van der Waals surface area contributed by atoms with Crippen LogP contribution in [0.3, 0.4) is 0 Å². The first-order valence-corrected chi connectivity index (χ1v) is 8.22. The van der Waals surface area contributed by atoms with Gasteiger partial charge < -0.3 is 9.88 Å². The Morgan fingerprint density at radius 2 is 1.96 bits per heavy atom. The van der Waals surface area contributed by atoms with Crippen LogP contribution in [-0.4, -0.2) is 17.4 Å². The van der Waals surface area contributed by atoms with Gasteiger partial charge in [-0.25, -0.2) is 0 Å². The molecule has 1 aromatic heterocycles. The first kappa shape index (κ1) is 14.1. The highest BCUT2D eigenvalue weighted by Crippen LogP contribution is 2.35. The summed E-state index contributed by atoms with van der Waals surface area (Å²) in [6, 6.07) is 16.6. The zero-order valence-electron chi connectivity index (χ0n) is 13.3. The van der Waals surface area contributed by atoms with Crippen LogP contribution in [0.4, 0.5) is 5.69 Å². The van der Waals surface area contributed by atoms with Crippen molar-refractivity contribution in [1.29, 1.82) is 0 Å². The van der Waals surface area contributed by atoms with Gasteiger partial charge in [0, 0.05) is 30.5 Å². The van der Waals surface area contributed by atoms with Crippen molar-refractivity contribution in [2.45, 2.75) is 25.7 Å². The van der Waals surface area contributed by atoms with Crippen molar-refractivity contribution in [2.24, 2.45) is 0 Å². The predicted molar refractivity (Wildman–Crippen MR) is 93.8 cm³/mol. The number of benzene rings is 2. The Morgan fingerprint density at radius 3 is 2.74 bits per heavy atom. The zero-order valence-corrected chi connectivity index (χ0v) is 13.3. The topological polar surface area (TPSA) is 36.1 Å². The van der Waals surface area contributed by atoms with Crippen LogP contribution in [0.2, 0.25) is 0 Å². The Hall–Kier alpha value is -2.55. The molecule has 0 radical (unpaired) electrons. The monoisotopic (exact) mass is 304 g/mol. The third-order valence-electron chi connectivity index (χ3n) is 4.85. The van der Waals surface area contributed by atoms with Crippen LogP contribution in [-0.2, 0) is 11.2 Å². The van der Waals surface area contributed by atoms with Gasteiger partial charge >= 0.3 is 0 Å². The van der Waals surface area contributed by atoms with Crippen molar-refractivity contribution in [2.75, 3.05) is 11.4 Å². The first-order chi connectivity index (χ1) is 11.3. The number of amides is 1. The molecule has 0 bridgehead atoms. The highest BCUT2D eigenvalue weighted by atomic mass is 16.2. The number of aromatic nitrogens is 1. The summed E-state index contributed by atoms with van der Waals surface area (Å²) in [6.45, 7) is 2.91. The second kappa shape index (κ2) is 5.58. The average molecular weight is 304 g/mol. The van der Waals surface area contributed by atoms with Gasteiger partial charge in [0.2, 0.25) is 5.91 Å². The lowest BCUT2D eigenvalue weighted by atomic mass is 9.98. The molecule has 1 aliphatic heterocycles. The Labute approximate surface area is 135 Å². The lowest BCUT2D eigenvalue weighted by Gasteiger charge is -2.18. The van der Waals surface area contributed by atoms with Crippen molar-refractivity contribution in [3.63, 3.8) is 0 Å². The van der Waals surface area contributed by atoms with Crippen LogP contribution in [0.15, 0.2) is 54.7 Å². The molecule has 1 unspecified atom stereocenters. The number of carbonyl (C=O) groups excluding carboxylic acids is 1. The van der Waals surface area contributed by atoms with Gasteiger partial charge in [-0.05, 0) is 23.6 Å². The fourth-order valence-electron chi connectivity index (χ4n) is 3.60. The van der Waals surface area contributed by atoms with Gasteiger partial charge in [0.15, 0.2) is 0 Å². The van der Waals surface area contributed by atoms with E-state index < -0.39 is 0 Å². The fraction of sp³-hybridized carbons (Fsp3) is 0.250. The molecular formula is C20H20N2O. The van der Waals surface area contributed by atoms with Gasteiger partial charge in [0.25, 0.3) is 0 Å². The minimum absolute atomic E-state index is 0.207. The molecule has 23 heavy (non-hydrogen) atoms.